The van der Waals surface area contributed by atoms with Gasteiger partial charge in [-0.15, -0.1) is 12.6 Å². The normalized spacial score (nSPS) is 11.2. The molecule has 1 aromatic carbocycles. The number of hydrogen-bond acceptors (Lipinski definition) is 3. The molecule has 1 N–H and O–H groups in total. The van der Waals surface area contributed by atoms with Crippen molar-refractivity contribution in [3.63, 3.8) is 0 Å². The van der Waals surface area contributed by atoms with Crippen LogP contribution in [0.15, 0.2) is 29.2 Å². The molecule has 1 aromatic rings. The maximum absolute atomic E-state index is 11.6. The first-order valence-corrected chi connectivity index (χ1v) is 5.10. The molecule has 4 heteroatoms. The molecule has 0 unspecified atom stereocenters. The average Bonchev–Trinajstić information content (AvgIpc) is 2.13. The third kappa shape index (κ3) is 4.36. The van der Waals surface area contributed by atoms with Gasteiger partial charge >= 0.3 is 0 Å². The SMILES string of the molecule is CC(C)(C)ONC(=O)c1cccc(S)c1. The first kappa shape index (κ1) is 12.1. The molecule has 3 nitrogen and oxygen atoms in total. The summed E-state index contributed by atoms with van der Waals surface area (Å²) in [6.45, 7) is 5.59. The molecule has 0 saturated heterocycles. The molecule has 0 bridgehead atoms. The van der Waals surface area contributed by atoms with Crippen LogP contribution >= 0.6 is 12.6 Å². The molecule has 0 atom stereocenters. The standard InChI is InChI=1S/C11H15NO2S/c1-11(2,3)14-12-10(13)8-5-4-6-9(15)7-8/h4-7,15H,1-3H3,(H,12,13). The number of hydroxylamine groups is 1. The number of hydrogen-bond donors (Lipinski definition) is 2. The second-order valence-corrected chi connectivity index (χ2v) is 4.71. The molecule has 0 heterocycles. The van der Waals surface area contributed by atoms with Crippen LogP contribution in [0.2, 0.25) is 0 Å². The molecule has 15 heavy (non-hydrogen) atoms. The molecular weight excluding hydrogens is 210 g/mol. The molecule has 82 valence electrons. The molecule has 0 saturated carbocycles. The zero-order chi connectivity index (χ0) is 11.5. The minimum Gasteiger partial charge on any atom is -0.268 e. The minimum atomic E-state index is -0.395. The van der Waals surface area contributed by atoms with E-state index in [1.54, 1.807) is 18.2 Å². The lowest BCUT2D eigenvalue weighted by molar-refractivity contribution is -0.0589. The molecule has 1 amide bonds. The first-order valence-electron chi connectivity index (χ1n) is 4.66. The maximum Gasteiger partial charge on any atom is 0.274 e. The molecule has 0 fully saturated rings. The number of amides is 1. The Kier molecular flexibility index (Phi) is 3.77. The molecule has 1 rings (SSSR count). The van der Waals surface area contributed by atoms with Crippen LogP contribution in [0.1, 0.15) is 31.1 Å². The van der Waals surface area contributed by atoms with Gasteiger partial charge in [0.2, 0.25) is 0 Å². The highest BCUT2D eigenvalue weighted by molar-refractivity contribution is 7.80. The summed E-state index contributed by atoms with van der Waals surface area (Å²) in [4.78, 5) is 17.5. The second kappa shape index (κ2) is 4.68. The van der Waals surface area contributed by atoms with E-state index < -0.39 is 5.60 Å². The first-order chi connectivity index (χ1) is 6.88. The van der Waals surface area contributed by atoms with Gasteiger partial charge in [-0.05, 0) is 39.0 Å². The summed E-state index contributed by atoms with van der Waals surface area (Å²) >= 11 is 4.15. The highest BCUT2D eigenvalue weighted by Gasteiger charge is 2.13. The third-order valence-electron chi connectivity index (χ3n) is 1.56. The zero-order valence-electron chi connectivity index (χ0n) is 9.07. The maximum atomic E-state index is 11.6. The molecule has 0 aromatic heterocycles. The van der Waals surface area contributed by atoms with Crippen molar-refractivity contribution in [3.8, 4) is 0 Å². The summed E-state index contributed by atoms with van der Waals surface area (Å²) in [6.07, 6.45) is 0. The summed E-state index contributed by atoms with van der Waals surface area (Å²) in [6, 6.07) is 6.98. The van der Waals surface area contributed by atoms with Gasteiger partial charge in [0, 0.05) is 10.5 Å². The number of benzene rings is 1. The Bertz CT molecular complexity index is 358. The summed E-state index contributed by atoms with van der Waals surface area (Å²) in [5.74, 6) is -0.263. The van der Waals surface area contributed by atoms with Crippen LogP contribution < -0.4 is 5.48 Å². The van der Waals surface area contributed by atoms with E-state index >= 15 is 0 Å². The lowest BCUT2D eigenvalue weighted by atomic mass is 10.2. The van der Waals surface area contributed by atoms with Gasteiger partial charge in [-0.2, -0.15) is 0 Å². The van der Waals surface area contributed by atoms with Crippen LogP contribution in [0, 0.1) is 0 Å². The van der Waals surface area contributed by atoms with Gasteiger partial charge in [0.05, 0.1) is 5.60 Å². The van der Waals surface area contributed by atoms with E-state index in [1.165, 1.54) is 0 Å². The van der Waals surface area contributed by atoms with Crippen molar-refractivity contribution >= 4 is 18.5 Å². The Morgan fingerprint density at radius 3 is 2.60 bits per heavy atom. The summed E-state index contributed by atoms with van der Waals surface area (Å²) < 4.78 is 0. The van der Waals surface area contributed by atoms with Crippen molar-refractivity contribution < 1.29 is 9.63 Å². The van der Waals surface area contributed by atoms with Crippen LogP contribution in [0.25, 0.3) is 0 Å². The topological polar surface area (TPSA) is 38.3 Å². The Morgan fingerprint density at radius 1 is 1.40 bits per heavy atom. The van der Waals surface area contributed by atoms with Crippen LogP contribution in [0.4, 0.5) is 0 Å². The highest BCUT2D eigenvalue weighted by atomic mass is 32.1. The summed E-state index contributed by atoms with van der Waals surface area (Å²) in [7, 11) is 0. The van der Waals surface area contributed by atoms with Crippen molar-refractivity contribution in [2.24, 2.45) is 0 Å². The van der Waals surface area contributed by atoms with Gasteiger partial charge in [0.25, 0.3) is 5.91 Å². The van der Waals surface area contributed by atoms with Gasteiger partial charge in [0.1, 0.15) is 0 Å². The number of carbonyl (C=O) groups excluding carboxylic acids is 1. The Balaban J connectivity index is 2.62. The predicted octanol–water partition coefficient (Wildman–Crippen LogP) is 2.44. The fourth-order valence-corrected chi connectivity index (χ4v) is 1.13. The van der Waals surface area contributed by atoms with Crippen LogP contribution in [-0.2, 0) is 4.84 Å². The molecule has 0 aliphatic rings. The van der Waals surface area contributed by atoms with Crippen LogP contribution in [0.5, 0.6) is 0 Å². The third-order valence-corrected chi connectivity index (χ3v) is 1.84. The molecule has 0 aliphatic carbocycles. The van der Waals surface area contributed by atoms with Gasteiger partial charge in [-0.25, -0.2) is 5.48 Å². The molecule has 0 spiro atoms. The zero-order valence-corrected chi connectivity index (χ0v) is 9.97. The largest absolute Gasteiger partial charge is 0.274 e. The smallest absolute Gasteiger partial charge is 0.268 e. The van der Waals surface area contributed by atoms with Gasteiger partial charge in [-0.1, -0.05) is 6.07 Å². The van der Waals surface area contributed by atoms with Crippen molar-refractivity contribution in [3.05, 3.63) is 29.8 Å². The number of rotatable bonds is 2. The predicted molar refractivity (Wildman–Crippen MR) is 62.0 cm³/mol. The van der Waals surface area contributed by atoms with E-state index in [4.69, 9.17) is 4.84 Å². The fourth-order valence-electron chi connectivity index (χ4n) is 0.906. The monoisotopic (exact) mass is 225 g/mol. The van der Waals surface area contributed by atoms with E-state index in [0.717, 1.165) is 4.90 Å². The molecule has 0 aliphatic heterocycles. The van der Waals surface area contributed by atoms with Crippen molar-refractivity contribution in [1.82, 2.24) is 5.48 Å². The van der Waals surface area contributed by atoms with Crippen molar-refractivity contribution in [1.29, 1.82) is 0 Å². The average molecular weight is 225 g/mol. The second-order valence-electron chi connectivity index (χ2n) is 4.20. The van der Waals surface area contributed by atoms with Crippen LogP contribution in [-0.4, -0.2) is 11.5 Å². The number of carbonyl (C=O) groups is 1. The van der Waals surface area contributed by atoms with Crippen LogP contribution in [0.3, 0.4) is 0 Å². The van der Waals surface area contributed by atoms with E-state index in [1.807, 2.05) is 26.8 Å². The minimum absolute atomic E-state index is 0.263. The van der Waals surface area contributed by atoms with Crippen molar-refractivity contribution in [2.75, 3.05) is 0 Å². The van der Waals surface area contributed by atoms with E-state index in [0.29, 0.717) is 5.56 Å². The Morgan fingerprint density at radius 2 is 2.07 bits per heavy atom. The number of thiol groups is 1. The van der Waals surface area contributed by atoms with Gasteiger partial charge in [-0.3, -0.25) is 9.63 Å². The van der Waals surface area contributed by atoms with E-state index in [9.17, 15) is 4.79 Å². The van der Waals surface area contributed by atoms with E-state index in [-0.39, 0.29) is 5.91 Å². The summed E-state index contributed by atoms with van der Waals surface area (Å²) in [5, 5.41) is 0. The van der Waals surface area contributed by atoms with E-state index in [2.05, 4.69) is 18.1 Å². The summed E-state index contributed by atoms with van der Waals surface area (Å²) in [5.41, 5.74) is 2.53. The lowest BCUT2D eigenvalue weighted by Gasteiger charge is -2.18. The molecular formula is C11H15NO2S. The van der Waals surface area contributed by atoms with Gasteiger partial charge in [0.15, 0.2) is 0 Å². The lowest BCUT2D eigenvalue weighted by Crippen LogP contribution is -2.33. The highest BCUT2D eigenvalue weighted by Crippen LogP contribution is 2.09. The van der Waals surface area contributed by atoms with Gasteiger partial charge < -0.3 is 0 Å². The number of nitrogens with one attached hydrogen (secondary N) is 1. The quantitative estimate of drug-likeness (QED) is 0.599. The Labute approximate surface area is 95.2 Å². The fraction of sp³-hybridized carbons (Fsp3) is 0.364. The molecule has 0 radical (unpaired) electrons. The Hall–Kier alpha value is -1.00. The van der Waals surface area contributed by atoms with Crippen molar-refractivity contribution in [2.45, 2.75) is 31.3 Å².